The van der Waals surface area contributed by atoms with Crippen LogP contribution in [0.15, 0.2) is 11.6 Å². The van der Waals surface area contributed by atoms with Crippen LogP contribution in [0.4, 0.5) is 0 Å². The fraction of sp³-hybridized carbons (Fsp3) is 0.900. The molecule has 22 heavy (non-hydrogen) atoms. The zero-order valence-corrected chi connectivity index (χ0v) is 15.3. The summed E-state index contributed by atoms with van der Waals surface area (Å²) in [6.07, 6.45) is 7.89. The van der Waals surface area contributed by atoms with E-state index in [-0.39, 0.29) is 28.6 Å². The maximum atomic E-state index is 11.0. The highest BCUT2D eigenvalue weighted by molar-refractivity contribution is 5.18. The van der Waals surface area contributed by atoms with Gasteiger partial charge in [-0.15, -0.1) is 0 Å². The molecule has 0 radical (unpaired) electrons. The number of hydrogen-bond donors (Lipinski definition) is 1. The van der Waals surface area contributed by atoms with Crippen molar-refractivity contribution in [2.45, 2.75) is 91.5 Å². The fourth-order valence-electron chi connectivity index (χ4n) is 6.55. The topological polar surface area (TPSA) is 29.5 Å². The summed E-state index contributed by atoms with van der Waals surface area (Å²) in [5, 5.41) is 11.0. The third-order valence-electron chi connectivity index (χ3n) is 7.45. The predicted molar refractivity (Wildman–Crippen MR) is 90.7 cm³/mol. The first kappa shape index (κ1) is 16.5. The van der Waals surface area contributed by atoms with Crippen LogP contribution in [0.3, 0.4) is 0 Å². The standard InChI is InChI=1S/C20H34O2/c1-7-13(2)15-11-16-19(5)10-8-9-18(3,4)17(19)14(21)12-20(16,6)22-15/h7,14-17,21H,8-12H2,1-6H3/b13-7+/t14-,15+,16-,17+,19-,20-/m1/s1. The molecule has 1 N–H and O–H groups in total. The van der Waals surface area contributed by atoms with Crippen LogP contribution >= 0.6 is 0 Å². The average Bonchev–Trinajstić information content (AvgIpc) is 2.74. The number of hydrogen-bond acceptors (Lipinski definition) is 2. The monoisotopic (exact) mass is 306 g/mol. The molecule has 2 saturated carbocycles. The molecule has 0 bridgehead atoms. The van der Waals surface area contributed by atoms with Crippen LogP contribution in [0.2, 0.25) is 0 Å². The fourth-order valence-corrected chi connectivity index (χ4v) is 6.55. The van der Waals surface area contributed by atoms with Crippen molar-refractivity contribution in [2.24, 2.45) is 22.7 Å². The Hall–Kier alpha value is -0.340. The maximum absolute atomic E-state index is 11.0. The Labute approximate surface area is 136 Å². The summed E-state index contributed by atoms with van der Waals surface area (Å²) >= 11 is 0. The molecule has 0 unspecified atom stereocenters. The van der Waals surface area contributed by atoms with E-state index >= 15 is 0 Å². The molecule has 1 heterocycles. The molecule has 126 valence electrons. The highest BCUT2D eigenvalue weighted by Gasteiger charge is 2.64. The molecule has 2 aliphatic carbocycles. The second-order valence-electron chi connectivity index (χ2n) is 9.34. The van der Waals surface area contributed by atoms with Crippen LogP contribution in [0, 0.1) is 22.7 Å². The van der Waals surface area contributed by atoms with E-state index in [9.17, 15) is 5.11 Å². The first-order valence-corrected chi connectivity index (χ1v) is 9.13. The lowest BCUT2D eigenvalue weighted by Crippen LogP contribution is -2.61. The number of allylic oxidation sites excluding steroid dienone is 1. The first-order chi connectivity index (χ1) is 10.1. The lowest BCUT2D eigenvalue weighted by molar-refractivity contribution is -0.200. The number of fused-ring (bicyclic) bond motifs is 3. The highest BCUT2D eigenvalue weighted by atomic mass is 16.5. The SMILES string of the molecule is C/C=C(\C)[C@@H]1C[C@@H]2[C@@]3(C)CCCC(C)(C)[C@@H]3[C@H](O)C[C@@]2(C)O1. The summed E-state index contributed by atoms with van der Waals surface area (Å²) in [5.41, 5.74) is 1.63. The Morgan fingerprint density at radius 2 is 1.86 bits per heavy atom. The quantitative estimate of drug-likeness (QED) is 0.711. The summed E-state index contributed by atoms with van der Waals surface area (Å²) < 4.78 is 6.53. The second kappa shape index (κ2) is 5.08. The van der Waals surface area contributed by atoms with Crippen molar-refractivity contribution in [3.63, 3.8) is 0 Å². The predicted octanol–water partition coefficient (Wildman–Crippen LogP) is 4.71. The van der Waals surface area contributed by atoms with Crippen molar-refractivity contribution in [3.8, 4) is 0 Å². The molecule has 2 heteroatoms. The van der Waals surface area contributed by atoms with Gasteiger partial charge in [0.1, 0.15) is 0 Å². The van der Waals surface area contributed by atoms with Gasteiger partial charge in [-0.3, -0.25) is 0 Å². The smallest absolute Gasteiger partial charge is 0.0793 e. The molecule has 0 amide bonds. The van der Waals surface area contributed by atoms with E-state index in [1.54, 1.807) is 0 Å². The molecule has 2 nitrogen and oxygen atoms in total. The third kappa shape index (κ3) is 2.21. The summed E-state index contributed by atoms with van der Waals surface area (Å²) in [5.74, 6) is 0.966. The van der Waals surface area contributed by atoms with E-state index < -0.39 is 0 Å². The maximum Gasteiger partial charge on any atom is 0.0793 e. The third-order valence-corrected chi connectivity index (χ3v) is 7.45. The van der Waals surface area contributed by atoms with Crippen molar-refractivity contribution in [3.05, 3.63) is 11.6 Å². The zero-order valence-electron chi connectivity index (χ0n) is 15.3. The summed E-state index contributed by atoms with van der Waals surface area (Å²) in [7, 11) is 0. The number of aliphatic hydroxyl groups excluding tert-OH is 1. The van der Waals surface area contributed by atoms with E-state index in [1.807, 2.05) is 0 Å². The minimum absolute atomic E-state index is 0.160. The van der Waals surface area contributed by atoms with Gasteiger partial charge in [0.15, 0.2) is 0 Å². The summed E-state index contributed by atoms with van der Waals surface area (Å²) in [6, 6.07) is 0. The molecule has 6 atom stereocenters. The number of ether oxygens (including phenoxy) is 1. The van der Waals surface area contributed by atoms with Crippen LogP contribution in [0.25, 0.3) is 0 Å². The van der Waals surface area contributed by atoms with Crippen LogP contribution in [0.5, 0.6) is 0 Å². The minimum atomic E-state index is -0.230. The highest BCUT2D eigenvalue weighted by Crippen LogP contribution is 2.65. The first-order valence-electron chi connectivity index (χ1n) is 9.13. The van der Waals surface area contributed by atoms with Gasteiger partial charge in [-0.1, -0.05) is 33.3 Å². The van der Waals surface area contributed by atoms with Crippen LogP contribution in [0.1, 0.15) is 73.6 Å². The molecular formula is C20H34O2. The van der Waals surface area contributed by atoms with Gasteiger partial charge in [0.2, 0.25) is 0 Å². The molecule has 3 fully saturated rings. The Morgan fingerprint density at radius 3 is 2.50 bits per heavy atom. The molecule has 1 aliphatic heterocycles. The van der Waals surface area contributed by atoms with E-state index in [2.05, 4.69) is 47.6 Å². The van der Waals surface area contributed by atoms with Gasteiger partial charge in [-0.05, 0) is 68.3 Å². The second-order valence-corrected chi connectivity index (χ2v) is 9.34. The molecule has 3 rings (SSSR count). The van der Waals surface area contributed by atoms with Gasteiger partial charge in [0.25, 0.3) is 0 Å². The Balaban J connectivity index is 2.00. The Morgan fingerprint density at radius 1 is 1.18 bits per heavy atom. The van der Waals surface area contributed by atoms with Gasteiger partial charge < -0.3 is 9.84 Å². The van der Waals surface area contributed by atoms with Gasteiger partial charge in [-0.2, -0.15) is 0 Å². The molecule has 3 aliphatic rings. The van der Waals surface area contributed by atoms with E-state index in [4.69, 9.17) is 4.74 Å². The van der Waals surface area contributed by atoms with Crippen molar-refractivity contribution < 1.29 is 9.84 Å². The van der Waals surface area contributed by atoms with Crippen LogP contribution in [-0.4, -0.2) is 22.9 Å². The van der Waals surface area contributed by atoms with Crippen molar-refractivity contribution >= 4 is 0 Å². The normalized spacial score (nSPS) is 51.3. The summed E-state index contributed by atoms with van der Waals surface area (Å²) in [4.78, 5) is 0. The largest absolute Gasteiger partial charge is 0.393 e. The molecule has 0 spiro atoms. The molecule has 1 saturated heterocycles. The number of aliphatic hydroxyl groups is 1. The number of rotatable bonds is 1. The minimum Gasteiger partial charge on any atom is -0.393 e. The van der Waals surface area contributed by atoms with Gasteiger partial charge in [-0.25, -0.2) is 0 Å². The van der Waals surface area contributed by atoms with E-state index in [0.717, 1.165) is 12.8 Å². The zero-order chi connectivity index (χ0) is 16.3. The molecule has 0 aromatic rings. The summed E-state index contributed by atoms with van der Waals surface area (Å²) in [6.45, 7) is 13.7. The lowest BCUT2D eigenvalue weighted by Gasteiger charge is -2.61. The van der Waals surface area contributed by atoms with Crippen LogP contribution in [-0.2, 0) is 4.74 Å². The lowest BCUT2D eigenvalue weighted by atomic mass is 9.44. The molecule has 0 aromatic carbocycles. The Bertz CT molecular complexity index is 480. The van der Waals surface area contributed by atoms with Gasteiger partial charge in [0, 0.05) is 6.42 Å². The van der Waals surface area contributed by atoms with Crippen LogP contribution < -0.4 is 0 Å². The molecular weight excluding hydrogens is 272 g/mol. The molecule has 0 aromatic heterocycles. The van der Waals surface area contributed by atoms with Crippen molar-refractivity contribution in [1.29, 1.82) is 0 Å². The van der Waals surface area contributed by atoms with E-state index in [1.165, 1.54) is 24.8 Å². The van der Waals surface area contributed by atoms with Crippen molar-refractivity contribution in [1.82, 2.24) is 0 Å². The van der Waals surface area contributed by atoms with Gasteiger partial charge >= 0.3 is 0 Å². The van der Waals surface area contributed by atoms with Crippen molar-refractivity contribution in [2.75, 3.05) is 0 Å². The Kier molecular flexibility index (Phi) is 3.81. The van der Waals surface area contributed by atoms with Gasteiger partial charge in [0.05, 0.1) is 17.8 Å². The van der Waals surface area contributed by atoms with E-state index in [0.29, 0.717) is 11.8 Å². The average molecular weight is 306 g/mol.